The molecule has 0 aromatic carbocycles. The van der Waals surface area contributed by atoms with Crippen LogP contribution in [-0.4, -0.2) is 41.7 Å². The number of hydrazine groups is 1. The zero-order chi connectivity index (χ0) is 11.3. The molecule has 15 heavy (non-hydrogen) atoms. The van der Waals surface area contributed by atoms with E-state index in [-0.39, 0.29) is 18.6 Å². The van der Waals surface area contributed by atoms with Crippen LogP contribution in [0.4, 0.5) is 0 Å². The zero-order valence-electron chi connectivity index (χ0n) is 9.28. The summed E-state index contributed by atoms with van der Waals surface area (Å²) in [5.41, 5.74) is 2.15. The van der Waals surface area contributed by atoms with Gasteiger partial charge in [0.1, 0.15) is 0 Å². The van der Waals surface area contributed by atoms with Crippen molar-refractivity contribution in [3.05, 3.63) is 0 Å². The Labute approximate surface area is 90.6 Å². The van der Waals surface area contributed by atoms with E-state index in [0.717, 1.165) is 25.9 Å². The average molecular weight is 215 g/mol. The van der Waals surface area contributed by atoms with Gasteiger partial charge in [0.2, 0.25) is 5.91 Å². The molecule has 1 heterocycles. The summed E-state index contributed by atoms with van der Waals surface area (Å²) in [5, 5.41) is 9.09. The molecular formula is C10H21N3O2. The highest BCUT2D eigenvalue weighted by atomic mass is 16.3. The summed E-state index contributed by atoms with van der Waals surface area (Å²) in [7, 11) is 0. The van der Waals surface area contributed by atoms with E-state index >= 15 is 0 Å². The molecule has 5 heteroatoms. The molecule has 1 saturated heterocycles. The van der Waals surface area contributed by atoms with Gasteiger partial charge in [-0.2, -0.15) is 0 Å². The van der Waals surface area contributed by atoms with Crippen LogP contribution in [0.2, 0.25) is 0 Å². The summed E-state index contributed by atoms with van der Waals surface area (Å²) >= 11 is 0. The molecule has 4 N–H and O–H groups in total. The number of nitrogens with two attached hydrogens (primary N) is 1. The average Bonchev–Trinajstić information content (AvgIpc) is 2.28. The smallest absolute Gasteiger partial charge is 0.235 e. The van der Waals surface area contributed by atoms with Crippen molar-refractivity contribution in [3.8, 4) is 0 Å². The lowest BCUT2D eigenvalue weighted by Gasteiger charge is -2.35. The second-order valence-corrected chi connectivity index (χ2v) is 4.31. The van der Waals surface area contributed by atoms with Crippen molar-refractivity contribution in [3.63, 3.8) is 0 Å². The van der Waals surface area contributed by atoms with Crippen molar-refractivity contribution in [1.29, 1.82) is 0 Å². The van der Waals surface area contributed by atoms with Crippen LogP contribution in [0.3, 0.4) is 0 Å². The first-order valence-corrected chi connectivity index (χ1v) is 5.51. The number of nitrogens with zero attached hydrogens (tertiary/aromatic N) is 1. The maximum atomic E-state index is 11.1. The predicted molar refractivity (Wildman–Crippen MR) is 57.8 cm³/mol. The SMILES string of the molecule is CC(CC(=O)NN)N1CCCC(CO)C1. The Morgan fingerprint density at radius 1 is 1.73 bits per heavy atom. The monoisotopic (exact) mass is 215 g/mol. The lowest BCUT2D eigenvalue weighted by molar-refractivity contribution is -0.122. The Balaban J connectivity index is 2.37. The number of carbonyl (C=O) groups excluding carboxylic acids is 1. The second kappa shape index (κ2) is 6.05. The fourth-order valence-electron chi connectivity index (χ4n) is 2.10. The number of piperidine rings is 1. The highest BCUT2D eigenvalue weighted by Gasteiger charge is 2.23. The Hall–Kier alpha value is -0.650. The standard InChI is InChI=1S/C10H21N3O2/c1-8(5-10(15)12-11)13-4-2-3-9(6-13)7-14/h8-9,14H,2-7,11H2,1H3,(H,12,15). The molecule has 1 aliphatic rings. The second-order valence-electron chi connectivity index (χ2n) is 4.31. The van der Waals surface area contributed by atoms with Gasteiger partial charge in [0.05, 0.1) is 0 Å². The van der Waals surface area contributed by atoms with Crippen molar-refractivity contribution in [2.24, 2.45) is 11.8 Å². The van der Waals surface area contributed by atoms with Gasteiger partial charge in [0, 0.05) is 25.6 Å². The molecule has 5 nitrogen and oxygen atoms in total. The van der Waals surface area contributed by atoms with Gasteiger partial charge in [-0.25, -0.2) is 5.84 Å². The fourth-order valence-corrected chi connectivity index (χ4v) is 2.10. The quantitative estimate of drug-likeness (QED) is 0.334. The molecule has 1 aliphatic heterocycles. The minimum absolute atomic E-state index is 0.131. The van der Waals surface area contributed by atoms with E-state index in [1.54, 1.807) is 0 Å². The van der Waals surface area contributed by atoms with Crippen molar-refractivity contribution < 1.29 is 9.90 Å². The molecule has 1 amide bonds. The summed E-state index contributed by atoms with van der Waals surface area (Å²) in [4.78, 5) is 13.4. The van der Waals surface area contributed by atoms with Gasteiger partial charge in [0.15, 0.2) is 0 Å². The molecular weight excluding hydrogens is 194 g/mol. The van der Waals surface area contributed by atoms with Crippen LogP contribution in [0.15, 0.2) is 0 Å². The van der Waals surface area contributed by atoms with Crippen molar-refractivity contribution in [2.45, 2.75) is 32.2 Å². The summed E-state index contributed by atoms with van der Waals surface area (Å²) < 4.78 is 0. The van der Waals surface area contributed by atoms with Gasteiger partial charge in [-0.1, -0.05) is 0 Å². The first-order chi connectivity index (χ1) is 7.17. The van der Waals surface area contributed by atoms with Crippen LogP contribution < -0.4 is 11.3 Å². The molecule has 0 bridgehead atoms. The van der Waals surface area contributed by atoms with E-state index in [4.69, 9.17) is 10.9 Å². The number of hydrogen-bond acceptors (Lipinski definition) is 4. The first kappa shape index (κ1) is 12.4. The van der Waals surface area contributed by atoms with Crippen LogP contribution in [0.1, 0.15) is 26.2 Å². The minimum atomic E-state index is -0.131. The van der Waals surface area contributed by atoms with Crippen molar-refractivity contribution in [2.75, 3.05) is 19.7 Å². The molecule has 0 aromatic heterocycles. The molecule has 88 valence electrons. The van der Waals surface area contributed by atoms with Gasteiger partial charge in [-0.15, -0.1) is 0 Å². The Kier molecular flexibility index (Phi) is 5.01. The number of aliphatic hydroxyl groups is 1. The molecule has 0 aromatic rings. The summed E-state index contributed by atoms with van der Waals surface area (Å²) in [6.45, 7) is 4.16. The van der Waals surface area contributed by atoms with E-state index in [9.17, 15) is 4.79 Å². The normalized spacial score (nSPS) is 24.9. The molecule has 1 rings (SSSR count). The fraction of sp³-hybridized carbons (Fsp3) is 0.900. The van der Waals surface area contributed by atoms with Gasteiger partial charge >= 0.3 is 0 Å². The molecule has 2 unspecified atom stereocenters. The van der Waals surface area contributed by atoms with Gasteiger partial charge < -0.3 is 5.11 Å². The molecule has 1 fully saturated rings. The molecule has 0 radical (unpaired) electrons. The number of amides is 1. The van der Waals surface area contributed by atoms with Crippen LogP contribution >= 0.6 is 0 Å². The number of aliphatic hydroxyl groups excluding tert-OH is 1. The lowest BCUT2D eigenvalue weighted by Crippen LogP contribution is -2.45. The number of rotatable bonds is 4. The Morgan fingerprint density at radius 2 is 2.47 bits per heavy atom. The predicted octanol–water partition coefficient (Wildman–Crippen LogP) is -0.541. The highest BCUT2D eigenvalue weighted by Crippen LogP contribution is 2.18. The number of likely N-dealkylation sites (tertiary alicyclic amines) is 1. The van der Waals surface area contributed by atoms with Gasteiger partial charge in [0.25, 0.3) is 0 Å². The van der Waals surface area contributed by atoms with Crippen LogP contribution in [0.25, 0.3) is 0 Å². The van der Waals surface area contributed by atoms with Crippen molar-refractivity contribution >= 4 is 5.91 Å². The zero-order valence-corrected chi connectivity index (χ0v) is 9.28. The number of carbonyl (C=O) groups is 1. The van der Waals surface area contributed by atoms with Crippen LogP contribution in [0.5, 0.6) is 0 Å². The molecule has 0 aliphatic carbocycles. The van der Waals surface area contributed by atoms with E-state index < -0.39 is 0 Å². The third kappa shape index (κ3) is 3.77. The molecule has 0 spiro atoms. The maximum Gasteiger partial charge on any atom is 0.235 e. The van der Waals surface area contributed by atoms with Gasteiger partial charge in [-0.3, -0.25) is 15.1 Å². The maximum absolute atomic E-state index is 11.1. The summed E-state index contributed by atoms with van der Waals surface area (Å²) in [6, 6.07) is 0.197. The topological polar surface area (TPSA) is 78.6 Å². The van der Waals surface area contributed by atoms with E-state index in [1.807, 2.05) is 6.92 Å². The summed E-state index contributed by atoms with van der Waals surface area (Å²) in [6.07, 6.45) is 2.61. The van der Waals surface area contributed by atoms with Gasteiger partial charge in [-0.05, 0) is 32.2 Å². The van der Waals surface area contributed by atoms with E-state index in [0.29, 0.717) is 12.3 Å². The third-order valence-electron chi connectivity index (χ3n) is 3.07. The largest absolute Gasteiger partial charge is 0.396 e. The Morgan fingerprint density at radius 3 is 3.07 bits per heavy atom. The first-order valence-electron chi connectivity index (χ1n) is 5.51. The van der Waals surface area contributed by atoms with E-state index in [1.165, 1.54) is 0 Å². The van der Waals surface area contributed by atoms with Crippen LogP contribution in [0, 0.1) is 5.92 Å². The third-order valence-corrected chi connectivity index (χ3v) is 3.07. The molecule has 2 atom stereocenters. The molecule has 0 saturated carbocycles. The number of nitrogens with one attached hydrogen (secondary N) is 1. The minimum Gasteiger partial charge on any atom is -0.396 e. The van der Waals surface area contributed by atoms with Crippen LogP contribution in [-0.2, 0) is 4.79 Å². The Bertz CT molecular complexity index is 211. The van der Waals surface area contributed by atoms with Crippen molar-refractivity contribution in [1.82, 2.24) is 10.3 Å². The summed E-state index contributed by atoms with van der Waals surface area (Å²) in [5.74, 6) is 5.28. The lowest BCUT2D eigenvalue weighted by atomic mass is 9.97. The number of hydrogen-bond donors (Lipinski definition) is 3. The van der Waals surface area contributed by atoms with E-state index in [2.05, 4.69) is 10.3 Å². The highest BCUT2D eigenvalue weighted by molar-refractivity contribution is 5.75.